The van der Waals surface area contributed by atoms with Crippen LogP contribution in [0.3, 0.4) is 0 Å². The molecule has 1 aromatic heterocycles. The van der Waals surface area contributed by atoms with Crippen LogP contribution in [0.2, 0.25) is 0 Å². The summed E-state index contributed by atoms with van der Waals surface area (Å²) < 4.78 is 37.6. The molecule has 4 N–H and O–H groups in total. The molecule has 2 fully saturated rings. The molecular formula is C32H39N5O6S. The number of hydrogen-bond acceptors (Lipinski definition) is 7. The summed E-state index contributed by atoms with van der Waals surface area (Å²) in [4.78, 5) is 27.8. The molecule has 1 amide bonds. The van der Waals surface area contributed by atoms with Crippen molar-refractivity contribution in [3.8, 4) is 17.0 Å². The predicted molar refractivity (Wildman–Crippen MR) is 169 cm³/mol. The van der Waals surface area contributed by atoms with Crippen LogP contribution >= 0.6 is 0 Å². The first-order chi connectivity index (χ1) is 21.2. The summed E-state index contributed by atoms with van der Waals surface area (Å²) in [6, 6.07) is 10.9. The number of nitrogens with zero attached hydrogens (tertiary/aromatic N) is 2. The van der Waals surface area contributed by atoms with Gasteiger partial charge in [-0.25, -0.2) is 9.52 Å². The minimum absolute atomic E-state index is 0.0990. The number of hydrogen-bond donors (Lipinski definition) is 4. The number of rotatable bonds is 9. The van der Waals surface area contributed by atoms with Gasteiger partial charge in [0.15, 0.2) is 0 Å². The molecule has 11 nitrogen and oxygen atoms in total. The van der Waals surface area contributed by atoms with E-state index in [-0.39, 0.29) is 30.1 Å². The zero-order valence-corrected chi connectivity index (χ0v) is 25.7. The number of benzene rings is 2. The Balaban J connectivity index is 1.37. The number of aliphatic carboxylic acids is 1. The van der Waals surface area contributed by atoms with Crippen molar-refractivity contribution in [2.45, 2.75) is 44.6 Å². The fourth-order valence-electron chi connectivity index (χ4n) is 6.80. The van der Waals surface area contributed by atoms with E-state index in [0.29, 0.717) is 17.8 Å². The number of ether oxygens (including phenoxy) is 1. The third-order valence-corrected chi connectivity index (χ3v) is 10.0. The van der Waals surface area contributed by atoms with Crippen LogP contribution in [0, 0.1) is 0 Å². The Bertz CT molecular complexity index is 1720. The summed E-state index contributed by atoms with van der Waals surface area (Å²) >= 11 is 0. The maximum absolute atomic E-state index is 13.3. The van der Waals surface area contributed by atoms with Crippen molar-refractivity contribution >= 4 is 39.1 Å². The Morgan fingerprint density at radius 1 is 1.07 bits per heavy atom. The molecule has 3 aromatic rings. The van der Waals surface area contributed by atoms with Gasteiger partial charge in [0.25, 0.3) is 5.91 Å². The highest BCUT2D eigenvalue weighted by molar-refractivity contribution is 7.88. The molecule has 1 saturated carbocycles. The van der Waals surface area contributed by atoms with Gasteiger partial charge in [-0.2, -0.15) is 13.1 Å². The molecule has 0 spiro atoms. The summed E-state index contributed by atoms with van der Waals surface area (Å²) in [7, 11) is -2.50. The minimum Gasteiger partial charge on any atom is -0.497 e. The van der Waals surface area contributed by atoms with Gasteiger partial charge in [0.2, 0.25) is 0 Å². The predicted octanol–water partition coefficient (Wildman–Crippen LogP) is 3.32. The standard InChI is InChI=1S/C32H39N5O6S/c1-43-25-8-10-26-23(18-25)17-24(32(39)40)20-37-28-19-22(7-9-27(28)29(30(26)37)21-5-3-2-4-6-21)31(38)35-44(41,42)34-13-16-36-14-11-33-12-15-36/h7-10,17-19,21,33-34H,2-6,11-16,20H2,1H3,(H,35,38)(H,39,40). The highest BCUT2D eigenvalue weighted by Gasteiger charge is 2.31. The number of piperazine rings is 1. The van der Waals surface area contributed by atoms with Crippen LogP contribution in [-0.4, -0.2) is 81.2 Å². The zero-order valence-electron chi connectivity index (χ0n) is 24.9. The molecule has 3 heterocycles. The maximum atomic E-state index is 13.3. The third kappa shape index (κ3) is 6.25. The maximum Gasteiger partial charge on any atom is 0.333 e. The summed E-state index contributed by atoms with van der Waals surface area (Å²) in [5.74, 6) is -0.859. The summed E-state index contributed by atoms with van der Waals surface area (Å²) in [6.07, 6.45) is 7.16. The molecule has 3 aliphatic rings. The lowest BCUT2D eigenvalue weighted by molar-refractivity contribution is -0.132. The van der Waals surface area contributed by atoms with Crippen LogP contribution in [0.15, 0.2) is 42.0 Å². The highest BCUT2D eigenvalue weighted by atomic mass is 32.2. The lowest BCUT2D eigenvalue weighted by atomic mass is 9.81. The molecule has 0 bridgehead atoms. The molecule has 234 valence electrons. The Morgan fingerprint density at radius 3 is 2.57 bits per heavy atom. The summed E-state index contributed by atoms with van der Waals surface area (Å²) in [5, 5.41) is 14.4. The Morgan fingerprint density at radius 2 is 1.84 bits per heavy atom. The third-order valence-electron chi connectivity index (χ3n) is 8.98. The molecular weight excluding hydrogens is 582 g/mol. The first-order valence-corrected chi connectivity index (χ1v) is 16.8. The second-order valence-electron chi connectivity index (χ2n) is 11.8. The number of nitrogens with one attached hydrogen (secondary N) is 3. The lowest BCUT2D eigenvalue weighted by Gasteiger charge is -2.27. The second-order valence-corrected chi connectivity index (χ2v) is 13.3. The summed E-state index contributed by atoms with van der Waals surface area (Å²) in [6.45, 7) is 4.25. The van der Waals surface area contributed by atoms with E-state index < -0.39 is 22.1 Å². The number of carboxylic acid groups (broad SMARTS) is 1. The van der Waals surface area contributed by atoms with Crippen molar-refractivity contribution < 1.29 is 27.9 Å². The van der Waals surface area contributed by atoms with E-state index in [1.165, 1.54) is 6.42 Å². The van der Waals surface area contributed by atoms with Crippen LogP contribution in [-0.2, 0) is 21.5 Å². The van der Waals surface area contributed by atoms with E-state index in [2.05, 4.69) is 19.7 Å². The Labute approximate surface area is 257 Å². The van der Waals surface area contributed by atoms with Crippen LogP contribution in [0.25, 0.3) is 28.2 Å². The molecule has 1 saturated heterocycles. The van der Waals surface area contributed by atoms with Crippen molar-refractivity contribution in [2.75, 3.05) is 46.4 Å². The molecule has 44 heavy (non-hydrogen) atoms. The monoisotopic (exact) mass is 621 g/mol. The van der Waals surface area contributed by atoms with Crippen LogP contribution in [0.4, 0.5) is 0 Å². The number of carbonyl (C=O) groups is 2. The molecule has 0 atom stereocenters. The van der Waals surface area contributed by atoms with Gasteiger partial charge in [0.05, 0.1) is 24.9 Å². The molecule has 12 heteroatoms. The van der Waals surface area contributed by atoms with Gasteiger partial charge >= 0.3 is 16.2 Å². The van der Waals surface area contributed by atoms with Gasteiger partial charge in [-0.15, -0.1) is 0 Å². The minimum atomic E-state index is -4.08. The van der Waals surface area contributed by atoms with E-state index in [4.69, 9.17) is 4.74 Å². The summed E-state index contributed by atoms with van der Waals surface area (Å²) in [5.41, 5.74) is 4.85. The number of aromatic nitrogens is 1. The van der Waals surface area contributed by atoms with Crippen molar-refractivity contribution in [1.29, 1.82) is 0 Å². The van der Waals surface area contributed by atoms with Gasteiger partial charge in [-0.05, 0) is 66.3 Å². The molecule has 2 aromatic carbocycles. The number of carboxylic acids is 1. The van der Waals surface area contributed by atoms with Crippen LogP contribution < -0.4 is 19.5 Å². The average molecular weight is 622 g/mol. The van der Waals surface area contributed by atoms with Gasteiger partial charge in [0, 0.05) is 61.3 Å². The fourth-order valence-corrected chi connectivity index (χ4v) is 7.60. The first kappa shape index (κ1) is 30.3. The van der Waals surface area contributed by atoms with Crippen molar-refractivity contribution in [3.63, 3.8) is 0 Å². The quantitative estimate of drug-likeness (QED) is 0.285. The number of methoxy groups -OCH3 is 1. The van der Waals surface area contributed by atoms with Crippen molar-refractivity contribution in [2.24, 2.45) is 0 Å². The fraction of sp³-hybridized carbons (Fsp3) is 0.438. The van der Waals surface area contributed by atoms with Crippen molar-refractivity contribution in [1.82, 2.24) is 24.2 Å². The average Bonchev–Trinajstić information content (AvgIpc) is 3.23. The van der Waals surface area contributed by atoms with E-state index in [9.17, 15) is 23.1 Å². The van der Waals surface area contributed by atoms with E-state index >= 15 is 0 Å². The second kappa shape index (κ2) is 12.7. The SMILES string of the molecule is COc1ccc2c(c1)C=C(C(=O)O)Cn1c-2c(C2CCCCC2)c2ccc(C(=O)NS(=O)(=O)NCCN3CCNCC3)cc21. The molecule has 0 radical (unpaired) electrons. The molecule has 0 unspecified atom stereocenters. The largest absolute Gasteiger partial charge is 0.497 e. The van der Waals surface area contributed by atoms with Crippen molar-refractivity contribution in [3.05, 3.63) is 58.7 Å². The lowest BCUT2D eigenvalue weighted by Crippen LogP contribution is -2.48. The smallest absolute Gasteiger partial charge is 0.333 e. The van der Waals surface area contributed by atoms with E-state index in [0.717, 1.165) is 79.6 Å². The van der Waals surface area contributed by atoms with Crippen LogP contribution in [0.1, 0.15) is 59.5 Å². The Kier molecular flexibility index (Phi) is 8.77. The van der Waals surface area contributed by atoms with Crippen LogP contribution in [0.5, 0.6) is 5.75 Å². The van der Waals surface area contributed by atoms with Gasteiger partial charge < -0.3 is 19.7 Å². The topological polar surface area (TPSA) is 142 Å². The van der Waals surface area contributed by atoms with Gasteiger partial charge in [-0.1, -0.05) is 25.3 Å². The normalized spacial score (nSPS) is 17.8. The van der Waals surface area contributed by atoms with E-state index in [1.807, 2.05) is 28.8 Å². The number of amides is 1. The van der Waals surface area contributed by atoms with E-state index in [1.54, 1.807) is 25.3 Å². The molecule has 1 aliphatic carbocycles. The molecule has 2 aliphatic heterocycles. The number of fused-ring (bicyclic) bond motifs is 5. The van der Waals surface area contributed by atoms with Gasteiger partial charge in [0.1, 0.15) is 5.75 Å². The Hall–Kier alpha value is -3.71. The molecule has 6 rings (SSSR count). The first-order valence-electron chi connectivity index (χ1n) is 15.3. The highest BCUT2D eigenvalue weighted by Crippen LogP contribution is 2.47. The number of carbonyl (C=O) groups excluding carboxylic acids is 1. The zero-order chi connectivity index (χ0) is 30.8. The van der Waals surface area contributed by atoms with Gasteiger partial charge in [-0.3, -0.25) is 9.69 Å².